The molecular weight excluding hydrogens is 296 g/mol. The molecule has 0 radical (unpaired) electrons. The molecule has 0 spiro atoms. The average Bonchev–Trinajstić information content (AvgIpc) is 2.94. The Balaban J connectivity index is 2.16. The highest BCUT2D eigenvalue weighted by Crippen LogP contribution is 2.39. The van der Waals surface area contributed by atoms with Gasteiger partial charge in [0.2, 0.25) is 11.4 Å². The molecule has 2 heterocycles. The van der Waals surface area contributed by atoms with E-state index in [1.807, 2.05) is 19.2 Å². The summed E-state index contributed by atoms with van der Waals surface area (Å²) >= 11 is 0. The number of aryl methyl sites for hydroxylation is 3. The number of pyridine rings is 1. The Morgan fingerprint density at radius 1 is 0.958 bits per heavy atom. The van der Waals surface area contributed by atoms with Crippen molar-refractivity contribution < 1.29 is 8.98 Å². The van der Waals surface area contributed by atoms with Crippen molar-refractivity contribution in [3.05, 3.63) is 71.2 Å². The molecule has 3 nitrogen and oxygen atoms in total. The van der Waals surface area contributed by atoms with Gasteiger partial charge in [-0.25, -0.2) is 9.41 Å². The van der Waals surface area contributed by atoms with E-state index in [2.05, 4.69) is 53.7 Å². The Morgan fingerprint density at radius 2 is 1.75 bits per heavy atom. The SMILES string of the molecule is [C-]#[N+]c1cccc2c1oc1c(-c3ccc(C)c[n+]3C)c(C)ccc12. The summed E-state index contributed by atoms with van der Waals surface area (Å²) in [5.74, 6) is 0. The van der Waals surface area contributed by atoms with Gasteiger partial charge in [-0.3, -0.25) is 0 Å². The van der Waals surface area contributed by atoms with Gasteiger partial charge in [-0.2, -0.15) is 0 Å². The molecule has 116 valence electrons. The third-order valence-corrected chi connectivity index (χ3v) is 4.51. The van der Waals surface area contributed by atoms with Gasteiger partial charge in [-0.1, -0.05) is 30.3 Å². The zero-order valence-corrected chi connectivity index (χ0v) is 13.9. The molecule has 0 fully saturated rings. The highest BCUT2D eigenvalue weighted by molar-refractivity contribution is 6.12. The van der Waals surface area contributed by atoms with E-state index in [1.165, 1.54) is 5.56 Å². The highest BCUT2D eigenvalue weighted by Gasteiger charge is 2.21. The lowest BCUT2D eigenvalue weighted by Gasteiger charge is -2.06. The number of hydrogen-bond donors (Lipinski definition) is 0. The molecule has 2 aromatic carbocycles. The van der Waals surface area contributed by atoms with Gasteiger partial charge in [0.05, 0.1) is 12.1 Å². The van der Waals surface area contributed by atoms with Crippen LogP contribution in [0.15, 0.2) is 53.1 Å². The minimum absolute atomic E-state index is 0.556. The number of para-hydroxylation sites is 1. The van der Waals surface area contributed by atoms with E-state index >= 15 is 0 Å². The molecule has 3 heteroatoms. The van der Waals surface area contributed by atoms with Gasteiger partial charge in [0.1, 0.15) is 18.2 Å². The van der Waals surface area contributed by atoms with E-state index in [4.69, 9.17) is 11.0 Å². The quantitative estimate of drug-likeness (QED) is 0.347. The topological polar surface area (TPSA) is 21.4 Å². The summed E-state index contributed by atoms with van der Waals surface area (Å²) < 4.78 is 8.32. The van der Waals surface area contributed by atoms with E-state index in [9.17, 15) is 0 Å². The molecule has 0 unspecified atom stereocenters. The first-order chi connectivity index (χ1) is 11.6. The largest absolute Gasteiger partial charge is 0.466 e. The number of fused-ring (bicyclic) bond motifs is 3. The highest BCUT2D eigenvalue weighted by atomic mass is 16.3. The van der Waals surface area contributed by atoms with Gasteiger partial charge >= 0.3 is 0 Å². The number of aromatic nitrogens is 1. The molecule has 4 aromatic rings. The first kappa shape index (κ1) is 14.5. The number of benzene rings is 2. The van der Waals surface area contributed by atoms with E-state index in [-0.39, 0.29) is 0 Å². The standard InChI is InChI=1S/C21H17N2O/c1-13-8-11-18(23(4)12-13)19-14(2)9-10-16-15-6-5-7-17(22-3)20(15)24-21(16)19/h5-12H,1-2,4H3/q+1. The zero-order chi connectivity index (χ0) is 16.8. The second-order valence-electron chi connectivity index (χ2n) is 6.20. The van der Waals surface area contributed by atoms with Gasteiger partial charge in [0, 0.05) is 22.4 Å². The summed E-state index contributed by atoms with van der Waals surface area (Å²) in [5.41, 5.74) is 6.64. The van der Waals surface area contributed by atoms with E-state index in [0.29, 0.717) is 11.3 Å². The van der Waals surface area contributed by atoms with Crippen LogP contribution in [-0.2, 0) is 7.05 Å². The first-order valence-corrected chi connectivity index (χ1v) is 7.89. The van der Waals surface area contributed by atoms with Crippen LogP contribution in [0, 0.1) is 20.4 Å². The van der Waals surface area contributed by atoms with Crippen molar-refractivity contribution in [3.8, 4) is 11.3 Å². The smallest absolute Gasteiger partial charge is 0.229 e. The van der Waals surface area contributed by atoms with Crippen molar-refractivity contribution in [2.75, 3.05) is 0 Å². The Labute approximate surface area is 140 Å². The monoisotopic (exact) mass is 313 g/mol. The van der Waals surface area contributed by atoms with Crippen LogP contribution >= 0.6 is 0 Å². The normalized spacial score (nSPS) is 11.1. The molecule has 0 N–H and O–H groups in total. The molecule has 0 aliphatic rings. The van der Waals surface area contributed by atoms with Crippen LogP contribution in [0.3, 0.4) is 0 Å². The summed E-state index contributed by atoms with van der Waals surface area (Å²) in [4.78, 5) is 3.60. The van der Waals surface area contributed by atoms with Crippen molar-refractivity contribution >= 4 is 27.6 Å². The minimum atomic E-state index is 0.556. The number of nitrogens with zero attached hydrogens (tertiary/aromatic N) is 2. The molecule has 0 aliphatic heterocycles. The minimum Gasteiger partial charge on any atom is -0.466 e. The summed E-state index contributed by atoms with van der Waals surface area (Å²) in [6.45, 7) is 11.6. The maximum absolute atomic E-state index is 7.38. The van der Waals surface area contributed by atoms with Crippen LogP contribution < -0.4 is 4.57 Å². The maximum Gasteiger partial charge on any atom is 0.229 e. The van der Waals surface area contributed by atoms with Gasteiger partial charge in [0.25, 0.3) is 0 Å². The lowest BCUT2D eigenvalue weighted by molar-refractivity contribution is -0.660. The summed E-state index contributed by atoms with van der Waals surface area (Å²) in [7, 11) is 2.05. The van der Waals surface area contributed by atoms with E-state index in [1.54, 1.807) is 6.07 Å². The predicted molar refractivity (Wildman–Crippen MR) is 96.1 cm³/mol. The van der Waals surface area contributed by atoms with Gasteiger partial charge in [0.15, 0.2) is 6.20 Å². The lowest BCUT2D eigenvalue weighted by Crippen LogP contribution is -2.31. The number of furan rings is 1. The maximum atomic E-state index is 7.38. The predicted octanol–water partition coefficient (Wildman–Crippen LogP) is 5.25. The van der Waals surface area contributed by atoms with Crippen molar-refractivity contribution in [3.63, 3.8) is 0 Å². The van der Waals surface area contributed by atoms with Gasteiger partial charge < -0.3 is 4.42 Å². The molecular formula is C21H17N2O+. The fraction of sp³-hybridized carbons (Fsp3) is 0.143. The van der Waals surface area contributed by atoms with Crippen molar-refractivity contribution in [2.24, 2.45) is 7.05 Å². The van der Waals surface area contributed by atoms with Crippen LogP contribution in [0.2, 0.25) is 0 Å². The van der Waals surface area contributed by atoms with Crippen molar-refractivity contribution in [2.45, 2.75) is 13.8 Å². The lowest BCUT2D eigenvalue weighted by atomic mass is 10.0. The Hall–Kier alpha value is -3.12. The molecule has 0 saturated carbocycles. The van der Waals surface area contributed by atoms with Gasteiger partial charge in [-0.05, 0) is 25.5 Å². The summed E-state index contributed by atoms with van der Waals surface area (Å²) in [6.07, 6.45) is 2.11. The van der Waals surface area contributed by atoms with Crippen molar-refractivity contribution in [1.82, 2.24) is 0 Å². The molecule has 0 atom stereocenters. The Kier molecular flexibility index (Phi) is 3.14. The van der Waals surface area contributed by atoms with E-state index < -0.39 is 0 Å². The van der Waals surface area contributed by atoms with Crippen LogP contribution in [0.5, 0.6) is 0 Å². The molecule has 2 aromatic heterocycles. The molecule has 0 bridgehead atoms. The fourth-order valence-corrected chi connectivity index (χ4v) is 3.36. The third-order valence-electron chi connectivity index (χ3n) is 4.51. The van der Waals surface area contributed by atoms with Crippen LogP contribution in [0.25, 0.3) is 38.0 Å². The molecule has 0 aliphatic carbocycles. The van der Waals surface area contributed by atoms with E-state index in [0.717, 1.165) is 33.2 Å². The van der Waals surface area contributed by atoms with Gasteiger partial charge in [-0.15, -0.1) is 0 Å². The number of hydrogen-bond acceptors (Lipinski definition) is 1. The molecule has 24 heavy (non-hydrogen) atoms. The van der Waals surface area contributed by atoms with Crippen LogP contribution in [0.1, 0.15) is 11.1 Å². The van der Waals surface area contributed by atoms with Crippen molar-refractivity contribution in [1.29, 1.82) is 0 Å². The fourth-order valence-electron chi connectivity index (χ4n) is 3.36. The molecule has 0 saturated heterocycles. The first-order valence-electron chi connectivity index (χ1n) is 7.89. The van der Waals surface area contributed by atoms with Crippen LogP contribution in [0.4, 0.5) is 5.69 Å². The summed E-state index contributed by atoms with van der Waals surface area (Å²) in [6, 6.07) is 14.2. The molecule has 4 rings (SSSR count). The Bertz CT molecular complexity index is 1150. The second-order valence-corrected chi connectivity index (χ2v) is 6.20. The Morgan fingerprint density at radius 3 is 2.50 bits per heavy atom. The van der Waals surface area contributed by atoms with Crippen LogP contribution in [-0.4, -0.2) is 0 Å². The average molecular weight is 313 g/mol. The number of rotatable bonds is 1. The second kappa shape index (κ2) is 5.21. The zero-order valence-electron chi connectivity index (χ0n) is 13.9. The third kappa shape index (κ3) is 2.00. The summed E-state index contributed by atoms with van der Waals surface area (Å²) in [5, 5.41) is 2.05. The molecule has 0 amide bonds.